The van der Waals surface area contributed by atoms with E-state index in [9.17, 15) is 9.90 Å². The highest BCUT2D eigenvalue weighted by atomic mass is 16.3. The number of amides is 1. The van der Waals surface area contributed by atoms with Gasteiger partial charge in [0.2, 0.25) is 0 Å². The van der Waals surface area contributed by atoms with Gasteiger partial charge in [-0.05, 0) is 24.6 Å². The SMILES string of the molecule is C[C@H](O)c1ccc(-n2ccc(C(N)=O)n2)nc1. The van der Waals surface area contributed by atoms with Crippen LogP contribution in [0.2, 0.25) is 0 Å². The number of aliphatic hydroxyl groups is 1. The molecule has 0 aliphatic carbocycles. The molecule has 1 atom stereocenters. The second kappa shape index (κ2) is 4.34. The van der Waals surface area contributed by atoms with E-state index < -0.39 is 12.0 Å². The molecule has 0 unspecified atom stereocenters. The molecule has 2 aromatic heterocycles. The summed E-state index contributed by atoms with van der Waals surface area (Å²) in [4.78, 5) is 15.0. The fraction of sp³-hybridized carbons (Fsp3) is 0.182. The Kier molecular flexibility index (Phi) is 2.88. The standard InChI is InChI=1S/C11H12N4O2/c1-7(16)8-2-3-10(13-6-8)15-5-4-9(14-15)11(12)17/h2-7,16H,1H3,(H2,12,17)/t7-/m0/s1. The largest absolute Gasteiger partial charge is 0.389 e. The van der Waals surface area contributed by atoms with Crippen molar-refractivity contribution in [3.05, 3.63) is 41.9 Å². The zero-order valence-electron chi connectivity index (χ0n) is 9.24. The van der Waals surface area contributed by atoms with Crippen molar-refractivity contribution in [1.29, 1.82) is 0 Å². The summed E-state index contributed by atoms with van der Waals surface area (Å²) in [5, 5.41) is 13.3. The summed E-state index contributed by atoms with van der Waals surface area (Å²) in [6.45, 7) is 1.66. The first-order chi connectivity index (χ1) is 8.08. The van der Waals surface area contributed by atoms with Gasteiger partial charge in [-0.2, -0.15) is 5.10 Å². The summed E-state index contributed by atoms with van der Waals surface area (Å²) in [5.41, 5.74) is 6.01. The molecule has 17 heavy (non-hydrogen) atoms. The van der Waals surface area contributed by atoms with Crippen molar-refractivity contribution in [1.82, 2.24) is 14.8 Å². The Morgan fingerprint density at radius 1 is 1.47 bits per heavy atom. The molecule has 0 bridgehead atoms. The van der Waals surface area contributed by atoms with Gasteiger partial charge < -0.3 is 10.8 Å². The smallest absolute Gasteiger partial charge is 0.269 e. The molecule has 0 spiro atoms. The minimum absolute atomic E-state index is 0.186. The van der Waals surface area contributed by atoms with Crippen LogP contribution in [0.15, 0.2) is 30.6 Å². The van der Waals surface area contributed by atoms with Crippen molar-refractivity contribution in [3.8, 4) is 5.82 Å². The maximum atomic E-state index is 10.9. The fourth-order valence-electron chi connectivity index (χ4n) is 1.36. The highest BCUT2D eigenvalue weighted by Crippen LogP contribution is 2.12. The van der Waals surface area contributed by atoms with Crippen molar-refractivity contribution in [2.24, 2.45) is 5.73 Å². The molecular formula is C11H12N4O2. The normalized spacial score (nSPS) is 12.4. The average Bonchev–Trinajstić information content (AvgIpc) is 2.78. The summed E-state index contributed by atoms with van der Waals surface area (Å²) >= 11 is 0. The molecule has 0 saturated heterocycles. The maximum absolute atomic E-state index is 10.9. The molecule has 0 aliphatic rings. The summed E-state index contributed by atoms with van der Waals surface area (Å²) in [5.74, 6) is -0.0220. The van der Waals surface area contributed by atoms with Crippen LogP contribution in [0.25, 0.3) is 5.82 Å². The molecule has 2 heterocycles. The van der Waals surface area contributed by atoms with E-state index in [1.54, 1.807) is 31.5 Å². The van der Waals surface area contributed by atoms with Gasteiger partial charge >= 0.3 is 0 Å². The molecule has 6 nitrogen and oxygen atoms in total. The van der Waals surface area contributed by atoms with E-state index in [4.69, 9.17) is 5.73 Å². The van der Waals surface area contributed by atoms with Crippen molar-refractivity contribution in [2.45, 2.75) is 13.0 Å². The van der Waals surface area contributed by atoms with Gasteiger partial charge in [0.15, 0.2) is 5.82 Å². The molecule has 0 saturated carbocycles. The first-order valence-corrected chi connectivity index (χ1v) is 5.08. The monoisotopic (exact) mass is 232 g/mol. The quantitative estimate of drug-likeness (QED) is 0.801. The maximum Gasteiger partial charge on any atom is 0.269 e. The second-order valence-corrected chi connectivity index (χ2v) is 3.64. The third-order valence-electron chi connectivity index (χ3n) is 2.33. The van der Waals surface area contributed by atoms with Crippen LogP contribution in [0.3, 0.4) is 0 Å². The number of hydrogen-bond donors (Lipinski definition) is 2. The zero-order chi connectivity index (χ0) is 12.4. The summed E-state index contributed by atoms with van der Waals surface area (Å²) in [7, 11) is 0. The van der Waals surface area contributed by atoms with Crippen LogP contribution >= 0.6 is 0 Å². The molecule has 0 aliphatic heterocycles. The Morgan fingerprint density at radius 3 is 2.71 bits per heavy atom. The molecule has 0 radical (unpaired) electrons. The predicted molar refractivity (Wildman–Crippen MR) is 60.5 cm³/mol. The van der Waals surface area contributed by atoms with Crippen LogP contribution in [-0.2, 0) is 0 Å². The lowest BCUT2D eigenvalue weighted by molar-refractivity contribution is 0.0995. The molecule has 2 aromatic rings. The van der Waals surface area contributed by atoms with Gasteiger partial charge in [0, 0.05) is 12.4 Å². The van der Waals surface area contributed by atoms with E-state index in [0.29, 0.717) is 5.82 Å². The Balaban J connectivity index is 2.30. The summed E-state index contributed by atoms with van der Waals surface area (Å²) in [6.07, 6.45) is 2.60. The number of nitrogens with two attached hydrogens (primary N) is 1. The summed E-state index contributed by atoms with van der Waals surface area (Å²) in [6, 6.07) is 4.98. The lowest BCUT2D eigenvalue weighted by Crippen LogP contribution is -2.12. The topological polar surface area (TPSA) is 94.0 Å². The Labute approximate surface area is 97.7 Å². The van der Waals surface area contributed by atoms with Crippen molar-refractivity contribution in [2.75, 3.05) is 0 Å². The van der Waals surface area contributed by atoms with E-state index in [1.165, 1.54) is 10.7 Å². The lowest BCUT2D eigenvalue weighted by atomic mass is 10.2. The van der Waals surface area contributed by atoms with E-state index >= 15 is 0 Å². The zero-order valence-corrected chi connectivity index (χ0v) is 9.24. The first kappa shape index (κ1) is 11.3. The van der Waals surface area contributed by atoms with Crippen LogP contribution < -0.4 is 5.73 Å². The molecule has 2 rings (SSSR count). The molecule has 0 fully saturated rings. The number of hydrogen-bond acceptors (Lipinski definition) is 4. The highest BCUT2D eigenvalue weighted by Gasteiger charge is 2.07. The van der Waals surface area contributed by atoms with Crippen LogP contribution in [0.4, 0.5) is 0 Å². The number of carbonyl (C=O) groups is 1. The predicted octanol–water partition coefficient (Wildman–Crippen LogP) is 0.420. The van der Waals surface area contributed by atoms with Gasteiger partial charge in [-0.1, -0.05) is 6.07 Å². The van der Waals surface area contributed by atoms with Crippen LogP contribution in [0, 0.1) is 0 Å². The summed E-state index contributed by atoms with van der Waals surface area (Å²) < 4.78 is 1.45. The van der Waals surface area contributed by atoms with Gasteiger partial charge in [0.1, 0.15) is 5.69 Å². The van der Waals surface area contributed by atoms with Gasteiger partial charge in [-0.15, -0.1) is 0 Å². The molecule has 3 N–H and O–H groups in total. The van der Waals surface area contributed by atoms with Crippen molar-refractivity contribution >= 4 is 5.91 Å². The third-order valence-corrected chi connectivity index (χ3v) is 2.33. The molecule has 88 valence electrons. The van der Waals surface area contributed by atoms with Gasteiger partial charge in [0.05, 0.1) is 6.10 Å². The van der Waals surface area contributed by atoms with Crippen molar-refractivity contribution in [3.63, 3.8) is 0 Å². The molecule has 1 amide bonds. The van der Waals surface area contributed by atoms with E-state index in [1.807, 2.05) is 0 Å². The average molecular weight is 232 g/mol. The Hall–Kier alpha value is -2.21. The van der Waals surface area contributed by atoms with Gasteiger partial charge in [0.25, 0.3) is 5.91 Å². The van der Waals surface area contributed by atoms with Crippen LogP contribution in [0.1, 0.15) is 29.1 Å². The van der Waals surface area contributed by atoms with Crippen molar-refractivity contribution < 1.29 is 9.90 Å². The number of pyridine rings is 1. The number of carbonyl (C=O) groups excluding carboxylic acids is 1. The highest BCUT2D eigenvalue weighted by molar-refractivity contribution is 5.90. The number of primary amides is 1. The first-order valence-electron chi connectivity index (χ1n) is 5.08. The van der Waals surface area contributed by atoms with E-state index in [2.05, 4.69) is 10.1 Å². The molecular weight excluding hydrogens is 220 g/mol. The number of aromatic nitrogens is 3. The Bertz CT molecular complexity index is 531. The lowest BCUT2D eigenvalue weighted by Gasteiger charge is -2.05. The van der Waals surface area contributed by atoms with E-state index in [0.717, 1.165) is 5.56 Å². The number of rotatable bonds is 3. The minimum Gasteiger partial charge on any atom is -0.389 e. The number of aliphatic hydroxyl groups excluding tert-OH is 1. The van der Waals surface area contributed by atoms with Crippen LogP contribution in [-0.4, -0.2) is 25.8 Å². The van der Waals surface area contributed by atoms with E-state index in [-0.39, 0.29) is 5.69 Å². The van der Waals surface area contributed by atoms with Gasteiger partial charge in [-0.25, -0.2) is 9.67 Å². The molecule has 6 heteroatoms. The number of nitrogens with zero attached hydrogens (tertiary/aromatic N) is 3. The van der Waals surface area contributed by atoms with Crippen LogP contribution in [0.5, 0.6) is 0 Å². The molecule has 0 aromatic carbocycles. The second-order valence-electron chi connectivity index (χ2n) is 3.64. The minimum atomic E-state index is -0.579. The Morgan fingerprint density at radius 2 is 2.24 bits per heavy atom. The third kappa shape index (κ3) is 2.31. The fourth-order valence-corrected chi connectivity index (χ4v) is 1.36. The van der Waals surface area contributed by atoms with Gasteiger partial charge in [-0.3, -0.25) is 4.79 Å².